The minimum absolute atomic E-state index is 0.203. The van der Waals surface area contributed by atoms with E-state index in [9.17, 15) is 13.4 Å². The highest BCUT2D eigenvalue weighted by molar-refractivity contribution is 7.86. The molecule has 6 rings (SSSR count). The van der Waals surface area contributed by atoms with Gasteiger partial charge in [-0.2, -0.15) is 5.10 Å². The number of aromatic amines is 1. The van der Waals surface area contributed by atoms with Crippen LogP contribution in [0.4, 0.5) is 10.2 Å². The minimum Gasteiger partial charge on any atom is -0.346 e. The molecule has 176 valence electrons. The zero-order valence-electron chi connectivity index (χ0n) is 18.2. The topological polar surface area (TPSA) is 101 Å². The third-order valence-corrected chi connectivity index (χ3v) is 7.33. The Morgan fingerprint density at radius 1 is 1.26 bits per heavy atom. The van der Waals surface area contributed by atoms with Crippen molar-refractivity contribution < 1.29 is 8.60 Å². The molecule has 0 unspecified atom stereocenters. The van der Waals surface area contributed by atoms with Gasteiger partial charge in [-0.3, -0.25) is 9.36 Å². The van der Waals surface area contributed by atoms with E-state index < -0.39 is 22.2 Å². The third-order valence-electron chi connectivity index (χ3n) is 6.21. The van der Waals surface area contributed by atoms with Gasteiger partial charge in [0.15, 0.2) is 12.1 Å². The average Bonchev–Trinajstić information content (AvgIpc) is 3.57. The van der Waals surface area contributed by atoms with Crippen LogP contribution in [0.2, 0.25) is 5.02 Å². The van der Waals surface area contributed by atoms with Crippen LogP contribution in [-0.4, -0.2) is 39.9 Å². The van der Waals surface area contributed by atoms with Crippen molar-refractivity contribution in [2.24, 2.45) is 0 Å². The summed E-state index contributed by atoms with van der Waals surface area (Å²) in [4.78, 5) is 28.0. The van der Waals surface area contributed by atoms with Crippen molar-refractivity contribution >= 4 is 44.8 Å². The predicted octanol–water partition coefficient (Wildman–Crippen LogP) is 3.79. The van der Waals surface area contributed by atoms with Crippen LogP contribution in [-0.2, 0) is 10.8 Å². The Balaban J connectivity index is 1.61. The van der Waals surface area contributed by atoms with Crippen molar-refractivity contribution in [2.75, 3.05) is 11.4 Å². The van der Waals surface area contributed by atoms with E-state index in [1.54, 1.807) is 30.6 Å². The van der Waals surface area contributed by atoms with Crippen LogP contribution in [0.25, 0.3) is 22.2 Å². The molecule has 5 aromatic rings. The Morgan fingerprint density at radius 3 is 2.91 bits per heavy atom. The Bertz CT molecular complexity index is 1690. The van der Waals surface area contributed by atoms with Gasteiger partial charge >= 0.3 is 0 Å². The quantitative estimate of drug-likeness (QED) is 0.369. The Kier molecular flexibility index (Phi) is 5.11. The molecule has 0 radical (unpaired) electrons. The van der Waals surface area contributed by atoms with Gasteiger partial charge in [-0.05, 0) is 37.1 Å². The summed E-state index contributed by atoms with van der Waals surface area (Å²) in [6.45, 7) is 0.620. The first-order chi connectivity index (χ1) is 16.9. The molecule has 1 fully saturated rings. The fourth-order valence-corrected chi connectivity index (χ4v) is 5.56. The second kappa shape index (κ2) is 8.21. The van der Waals surface area contributed by atoms with E-state index in [2.05, 4.69) is 21.2 Å². The highest BCUT2D eigenvalue weighted by Gasteiger charge is 2.34. The number of halogens is 2. The van der Waals surface area contributed by atoms with Crippen molar-refractivity contribution in [3.05, 3.63) is 82.3 Å². The van der Waals surface area contributed by atoms with E-state index in [0.29, 0.717) is 46.2 Å². The van der Waals surface area contributed by atoms with Gasteiger partial charge in [0.2, 0.25) is 10.8 Å². The zero-order valence-corrected chi connectivity index (χ0v) is 19.8. The maximum atomic E-state index is 14.2. The molecule has 9 nitrogen and oxygen atoms in total. The van der Waals surface area contributed by atoms with Gasteiger partial charge in [0.25, 0.3) is 5.56 Å². The Morgan fingerprint density at radius 2 is 2.11 bits per heavy atom. The molecule has 0 saturated carbocycles. The lowest BCUT2D eigenvalue weighted by atomic mass is 10.2. The largest absolute Gasteiger partial charge is 0.346 e. The summed E-state index contributed by atoms with van der Waals surface area (Å²) in [5.41, 5.74) is 0.680. The molecule has 5 heterocycles. The van der Waals surface area contributed by atoms with Crippen LogP contribution < -0.4 is 10.5 Å². The van der Waals surface area contributed by atoms with Gasteiger partial charge in [-0.25, -0.2) is 23.1 Å². The number of nitrogens with zero attached hydrogens (tertiary/aromatic N) is 6. The van der Waals surface area contributed by atoms with E-state index in [0.717, 1.165) is 6.42 Å². The highest BCUT2D eigenvalue weighted by Crippen LogP contribution is 2.39. The summed E-state index contributed by atoms with van der Waals surface area (Å²) < 4.78 is 29.4. The SMILES string of the molecule is [CH2+][S@](=O)c1c[nH]c2ncnc(N3CCC[C@H]3c3nn4ccc(Cl)c4c(=O)n3-c3cccc(F)c3)c12. The van der Waals surface area contributed by atoms with Crippen LogP contribution in [0, 0.1) is 12.1 Å². The van der Waals surface area contributed by atoms with E-state index in [1.165, 1.54) is 27.5 Å². The summed E-state index contributed by atoms with van der Waals surface area (Å²) >= 11 is 6.29. The van der Waals surface area contributed by atoms with Crippen molar-refractivity contribution in [1.29, 1.82) is 0 Å². The number of nitrogens with one attached hydrogen (secondary N) is 1. The number of hydrogen-bond donors (Lipinski definition) is 1. The predicted molar refractivity (Wildman–Crippen MR) is 131 cm³/mol. The van der Waals surface area contributed by atoms with Crippen LogP contribution in [0.3, 0.4) is 0 Å². The first kappa shape index (κ1) is 21.8. The Labute approximate surface area is 205 Å². The van der Waals surface area contributed by atoms with Crippen molar-refractivity contribution in [3.8, 4) is 5.69 Å². The maximum Gasteiger partial charge on any atom is 0.284 e. The number of H-pyrrole nitrogens is 1. The van der Waals surface area contributed by atoms with Crippen LogP contribution in [0.15, 0.2) is 58.7 Å². The highest BCUT2D eigenvalue weighted by atomic mass is 35.5. The molecule has 35 heavy (non-hydrogen) atoms. The lowest BCUT2D eigenvalue weighted by molar-refractivity contribution is 0.596. The van der Waals surface area contributed by atoms with Gasteiger partial charge in [-0.15, -0.1) is 0 Å². The van der Waals surface area contributed by atoms with Crippen molar-refractivity contribution in [1.82, 2.24) is 29.1 Å². The van der Waals surface area contributed by atoms with Gasteiger partial charge in [0, 0.05) is 18.9 Å². The molecule has 2 atom stereocenters. The van der Waals surface area contributed by atoms with Gasteiger partial charge in [0.1, 0.15) is 34.0 Å². The first-order valence-electron chi connectivity index (χ1n) is 10.8. The van der Waals surface area contributed by atoms with E-state index in [4.69, 9.17) is 16.7 Å². The molecular formula is C23H18ClFN7O2S+. The van der Waals surface area contributed by atoms with Crippen LogP contribution in [0.5, 0.6) is 0 Å². The summed E-state index contributed by atoms with van der Waals surface area (Å²) in [5.74, 6) is 0.506. The minimum atomic E-state index is -1.51. The van der Waals surface area contributed by atoms with E-state index >= 15 is 0 Å². The van der Waals surface area contributed by atoms with Gasteiger partial charge in [0.05, 0.1) is 22.1 Å². The van der Waals surface area contributed by atoms with Gasteiger partial charge in [-0.1, -0.05) is 17.7 Å². The number of benzene rings is 1. The second-order valence-corrected chi connectivity index (χ2v) is 9.74. The van der Waals surface area contributed by atoms with Crippen molar-refractivity contribution in [2.45, 2.75) is 23.8 Å². The van der Waals surface area contributed by atoms with Crippen molar-refractivity contribution in [3.63, 3.8) is 0 Å². The molecule has 1 saturated heterocycles. The molecule has 1 aliphatic heterocycles. The standard InChI is InChI=1S/C23H18ClFN7O2S/c1-35(34)17-11-26-20-18(17)22(28-12-27-20)30-8-3-6-16(30)21-29-31-9-7-15(24)19(31)23(33)32(21)14-5-2-4-13(25)10-14/h2,4-5,7,9-12,16H,1,3,6,8H2,(H,26,27,28)/q+1/t16-,35-/m0/s1. The molecule has 0 spiro atoms. The normalized spacial score (nSPS) is 17.0. The number of hydrogen-bond acceptors (Lipinski definition) is 6. The molecule has 0 aliphatic carbocycles. The maximum absolute atomic E-state index is 14.2. The van der Waals surface area contributed by atoms with E-state index in [1.807, 2.05) is 4.90 Å². The molecule has 0 amide bonds. The molecule has 1 aliphatic rings. The average molecular weight is 511 g/mol. The van der Waals surface area contributed by atoms with Gasteiger partial charge < -0.3 is 9.88 Å². The molecular weight excluding hydrogens is 493 g/mol. The monoisotopic (exact) mass is 510 g/mol. The summed E-state index contributed by atoms with van der Waals surface area (Å²) in [6.07, 6.45) is 9.79. The van der Waals surface area contributed by atoms with Crippen LogP contribution in [0.1, 0.15) is 24.7 Å². The number of aromatic nitrogens is 6. The number of anilines is 1. The smallest absolute Gasteiger partial charge is 0.284 e. The lowest BCUT2D eigenvalue weighted by Gasteiger charge is -2.27. The van der Waals surface area contributed by atoms with E-state index in [-0.39, 0.29) is 16.6 Å². The van der Waals surface area contributed by atoms with Crippen LogP contribution >= 0.6 is 11.6 Å². The molecule has 1 N–H and O–H groups in total. The lowest BCUT2D eigenvalue weighted by Crippen LogP contribution is -2.33. The summed E-state index contributed by atoms with van der Waals surface area (Å²) in [5, 5.41) is 5.62. The molecule has 0 bridgehead atoms. The fourth-order valence-electron chi connectivity index (χ4n) is 4.73. The second-order valence-electron chi connectivity index (χ2n) is 8.21. The number of fused-ring (bicyclic) bond motifs is 2. The zero-order chi connectivity index (χ0) is 24.3. The number of rotatable bonds is 4. The molecule has 1 aromatic carbocycles. The molecule has 12 heteroatoms. The first-order valence-corrected chi connectivity index (χ1v) is 12.5. The third kappa shape index (κ3) is 3.41. The fraction of sp³-hybridized carbons (Fsp3) is 0.174. The summed E-state index contributed by atoms with van der Waals surface area (Å²) in [7, 11) is -1.51. The Hall–Kier alpha value is -3.70. The molecule has 4 aromatic heterocycles. The summed E-state index contributed by atoms with van der Waals surface area (Å²) in [6, 6.07) is 7.02.